The number of aliphatic hydroxyl groups excluding tert-OH is 1. The standard InChI is InChI=1S/C12H21NO4/c14-10-1-3-11(4-2-10)17-9-12(15)13-5-7-16-8-6-13/h10-11,14H,1-9H2. The normalized spacial score (nSPS) is 30.3. The summed E-state index contributed by atoms with van der Waals surface area (Å²) >= 11 is 0. The predicted molar refractivity (Wildman–Crippen MR) is 61.6 cm³/mol. The van der Waals surface area contributed by atoms with Gasteiger partial charge in [-0.15, -0.1) is 0 Å². The summed E-state index contributed by atoms with van der Waals surface area (Å²) in [4.78, 5) is 13.6. The number of rotatable bonds is 3. The molecule has 0 aromatic carbocycles. The highest BCUT2D eigenvalue weighted by atomic mass is 16.5. The molecule has 0 unspecified atom stereocenters. The summed E-state index contributed by atoms with van der Waals surface area (Å²) in [7, 11) is 0. The second-order valence-electron chi connectivity index (χ2n) is 4.73. The van der Waals surface area contributed by atoms with Crippen LogP contribution in [0.15, 0.2) is 0 Å². The van der Waals surface area contributed by atoms with E-state index in [9.17, 15) is 9.90 Å². The van der Waals surface area contributed by atoms with Crippen molar-refractivity contribution in [3.63, 3.8) is 0 Å². The molecule has 0 bridgehead atoms. The summed E-state index contributed by atoms with van der Waals surface area (Å²) in [5, 5.41) is 9.36. The number of carbonyl (C=O) groups excluding carboxylic acids is 1. The molecule has 1 aliphatic carbocycles. The Morgan fingerprint density at radius 2 is 1.88 bits per heavy atom. The van der Waals surface area contributed by atoms with Gasteiger partial charge in [0, 0.05) is 13.1 Å². The Morgan fingerprint density at radius 3 is 2.53 bits per heavy atom. The van der Waals surface area contributed by atoms with Crippen molar-refractivity contribution in [1.29, 1.82) is 0 Å². The fourth-order valence-electron chi connectivity index (χ4n) is 2.31. The first kappa shape index (κ1) is 12.8. The third kappa shape index (κ3) is 3.94. The maximum Gasteiger partial charge on any atom is 0.248 e. The number of ether oxygens (including phenoxy) is 2. The lowest BCUT2D eigenvalue weighted by Crippen LogP contribution is -2.43. The van der Waals surface area contributed by atoms with Gasteiger partial charge in [-0.1, -0.05) is 0 Å². The number of aliphatic hydroxyl groups is 1. The molecule has 1 saturated carbocycles. The van der Waals surface area contributed by atoms with E-state index in [-0.39, 0.29) is 24.7 Å². The van der Waals surface area contributed by atoms with Gasteiger partial charge in [-0.2, -0.15) is 0 Å². The number of hydrogen-bond donors (Lipinski definition) is 1. The Balaban J connectivity index is 1.65. The summed E-state index contributed by atoms with van der Waals surface area (Å²) in [6, 6.07) is 0. The molecule has 0 aromatic heterocycles. The van der Waals surface area contributed by atoms with Gasteiger partial charge in [-0.05, 0) is 25.7 Å². The van der Waals surface area contributed by atoms with Crippen LogP contribution in [0, 0.1) is 0 Å². The van der Waals surface area contributed by atoms with Gasteiger partial charge in [0.25, 0.3) is 0 Å². The molecule has 5 heteroatoms. The molecule has 17 heavy (non-hydrogen) atoms. The van der Waals surface area contributed by atoms with E-state index in [4.69, 9.17) is 9.47 Å². The van der Waals surface area contributed by atoms with Crippen molar-refractivity contribution in [3.8, 4) is 0 Å². The maximum atomic E-state index is 11.8. The molecule has 1 N–H and O–H groups in total. The molecule has 2 rings (SSSR count). The van der Waals surface area contributed by atoms with Crippen LogP contribution in [0.3, 0.4) is 0 Å². The first-order chi connectivity index (χ1) is 8.25. The van der Waals surface area contributed by atoms with Crippen molar-refractivity contribution in [1.82, 2.24) is 4.90 Å². The van der Waals surface area contributed by atoms with E-state index >= 15 is 0 Å². The molecular weight excluding hydrogens is 222 g/mol. The molecule has 0 spiro atoms. The van der Waals surface area contributed by atoms with Crippen LogP contribution in [0.25, 0.3) is 0 Å². The van der Waals surface area contributed by atoms with E-state index in [0.29, 0.717) is 26.3 Å². The summed E-state index contributed by atoms with van der Waals surface area (Å²) in [5.41, 5.74) is 0. The molecule has 0 radical (unpaired) electrons. The van der Waals surface area contributed by atoms with Gasteiger partial charge in [-0.25, -0.2) is 0 Å². The minimum atomic E-state index is -0.176. The highest BCUT2D eigenvalue weighted by Crippen LogP contribution is 2.20. The average Bonchev–Trinajstić information content (AvgIpc) is 2.39. The zero-order valence-corrected chi connectivity index (χ0v) is 10.1. The molecular formula is C12H21NO4. The van der Waals surface area contributed by atoms with E-state index < -0.39 is 0 Å². The topological polar surface area (TPSA) is 59.0 Å². The highest BCUT2D eigenvalue weighted by molar-refractivity contribution is 5.77. The largest absolute Gasteiger partial charge is 0.393 e. The smallest absolute Gasteiger partial charge is 0.248 e. The second-order valence-corrected chi connectivity index (χ2v) is 4.73. The Morgan fingerprint density at radius 1 is 1.24 bits per heavy atom. The number of morpholine rings is 1. The number of nitrogens with zero attached hydrogens (tertiary/aromatic N) is 1. The lowest BCUT2D eigenvalue weighted by Gasteiger charge is -2.29. The number of amides is 1. The second kappa shape index (κ2) is 6.33. The molecule has 2 fully saturated rings. The third-order valence-electron chi connectivity index (χ3n) is 3.45. The Hall–Kier alpha value is -0.650. The molecule has 1 amide bonds. The molecule has 98 valence electrons. The SMILES string of the molecule is O=C(COC1CCC(O)CC1)N1CCOCC1. The first-order valence-corrected chi connectivity index (χ1v) is 6.41. The van der Waals surface area contributed by atoms with Crippen LogP contribution >= 0.6 is 0 Å². The van der Waals surface area contributed by atoms with Crippen molar-refractivity contribution in [3.05, 3.63) is 0 Å². The predicted octanol–water partition coefficient (Wildman–Crippen LogP) is 0.165. The van der Waals surface area contributed by atoms with E-state index in [1.807, 2.05) is 0 Å². The lowest BCUT2D eigenvalue weighted by atomic mass is 9.95. The molecule has 1 heterocycles. The molecule has 5 nitrogen and oxygen atoms in total. The Bertz CT molecular complexity index is 245. The lowest BCUT2D eigenvalue weighted by molar-refractivity contribution is -0.143. The molecule has 0 atom stereocenters. The molecule has 1 aliphatic heterocycles. The summed E-state index contributed by atoms with van der Waals surface area (Å²) in [5.74, 6) is 0.0550. The van der Waals surface area contributed by atoms with Crippen molar-refractivity contribution < 1.29 is 19.4 Å². The minimum Gasteiger partial charge on any atom is -0.393 e. The first-order valence-electron chi connectivity index (χ1n) is 6.41. The number of hydrogen-bond acceptors (Lipinski definition) is 4. The van der Waals surface area contributed by atoms with E-state index in [2.05, 4.69) is 0 Å². The zero-order valence-electron chi connectivity index (χ0n) is 10.1. The fraction of sp³-hybridized carbons (Fsp3) is 0.917. The van der Waals surface area contributed by atoms with E-state index in [0.717, 1.165) is 25.7 Å². The van der Waals surface area contributed by atoms with Crippen LogP contribution in [0.2, 0.25) is 0 Å². The summed E-state index contributed by atoms with van der Waals surface area (Å²) in [6.07, 6.45) is 3.26. The van der Waals surface area contributed by atoms with Crippen LogP contribution in [-0.4, -0.2) is 61.0 Å². The minimum absolute atomic E-state index is 0.0550. The quantitative estimate of drug-likeness (QED) is 0.767. The zero-order chi connectivity index (χ0) is 12.1. The Kier molecular flexibility index (Phi) is 4.76. The average molecular weight is 243 g/mol. The van der Waals surface area contributed by atoms with Gasteiger partial charge in [-0.3, -0.25) is 4.79 Å². The van der Waals surface area contributed by atoms with Crippen molar-refractivity contribution in [2.24, 2.45) is 0 Å². The van der Waals surface area contributed by atoms with Crippen LogP contribution in [0.5, 0.6) is 0 Å². The van der Waals surface area contributed by atoms with Gasteiger partial charge in [0.1, 0.15) is 6.61 Å². The van der Waals surface area contributed by atoms with Crippen LogP contribution in [0.4, 0.5) is 0 Å². The van der Waals surface area contributed by atoms with Crippen molar-refractivity contribution in [2.45, 2.75) is 37.9 Å². The van der Waals surface area contributed by atoms with E-state index in [1.165, 1.54) is 0 Å². The Labute approximate surface area is 102 Å². The summed E-state index contributed by atoms with van der Waals surface area (Å²) < 4.78 is 10.8. The van der Waals surface area contributed by atoms with Gasteiger partial charge in [0.15, 0.2) is 0 Å². The molecule has 1 saturated heterocycles. The van der Waals surface area contributed by atoms with Crippen LogP contribution in [0.1, 0.15) is 25.7 Å². The van der Waals surface area contributed by atoms with Gasteiger partial charge in [0.2, 0.25) is 5.91 Å². The molecule has 2 aliphatic rings. The summed E-state index contributed by atoms with van der Waals surface area (Å²) in [6.45, 7) is 2.76. The maximum absolute atomic E-state index is 11.8. The van der Waals surface area contributed by atoms with Crippen LogP contribution < -0.4 is 0 Å². The van der Waals surface area contributed by atoms with Gasteiger partial charge < -0.3 is 19.5 Å². The van der Waals surface area contributed by atoms with Crippen molar-refractivity contribution >= 4 is 5.91 Å². The fourth-order valence-corrected chi connectivity index (χ4v) is 2.31. The van der Waals surface area contributed by atoms with Crippen LogP contribution in [-0.2, 0) is 14.3 Å². The number of carbonyl (C=O) groups is 1. The van der Waals surface area contributed by atoms with Gasteiger partial charge >= 0.3 is 0 Å². The van der Waals surface area contributed by atoms with Crippen molar-refractivity contribution in [2.75, 3.05) is 32.9 Å². The highest BCUT2D eigenvalue weighted by Gasteiger charge is 2.22. The van der Waals surface area contributed by atoms with Gasteiger partial charge in [0.05, 0.1) is 25.4 Å². The molecule has 0 aromatic rings. The monoisotopic (exact) mass is 243 g/mol. The third-order valence-corrected chi connectivity index (χ3v) is 3.45. The van der Waals surface area contributed by atoms with E-state index in [1.54, 1.807) is 4.90 Å².